The number of hydrogen-bond acceptors (Lipinski definition) is 6. The van der Waals surface area contributed by atoms with Gasteiger partial charge in [0.1, 0.15) is 23.5 Å². The largest absolute Gasteiger partial charge is 0.490 e. The summed E-state index contributed by atoms with van der Waals surface area (Å²) in [6.07, 6.45) is 7.09. The maximum absolute atomic E-state index is 10.6. The van der Waals surface area contributed by atoms with Crippen LogP contribution in [0.1, 0.15) is 43.2 Å². The smallest absolute Gasteiger partial charge is 0.141 e. The van der Waals surface area contributed by atoms with Crippen molar-refractivity contribution in [2.24, 2.45) is 0 Å². The Bertz CT molecular complexity index is 1190. The molecule has 2 heterocycles. The molecule has 3 aromatic rings. The van der Waals surface area contributed by atoms with Crippen LogP contribution in [0.4, 0.5) is 11.5 Å². The standard InChI is InChI=1S/C26H28N4O2/c1-18-14-20(7-9-24(18)32-21-4-2-5-21)30-25-22-15-19(6-8-23(22)28-17-29-25)10-12-26(31)11-3-13-27-16-26/h6-9,14-15,17,21,27,31H,2-5,11,13,16H2,1H3,(H,28,29,30). The first kappa shape index (κ1) is 20.7. The Morgan fingerprint density at radius 2 is 2.06 bits per heavy atom. The first-order valence-electron chi connectivity index (χ1n) is 11.3. The highest BCUT2D eigenvalue weighted by Gasteiger charge is 2.26. The molecule has 5 rings (SSSR count). The van der Waals surface area contributed by atoms with Gasteiger partial charge in [-0.3, -0.25) is 0 Å². The van der Waals surface area contributed by atoms with Gasteiger partial charge in [-0.1, -0.05) is 11.8 Å². The van der Waals surface area contributed by atoms with E-state index in [1.165, 1.54) is 6.42 Å². The van der Waals surface area contributed by atoms with Gasteiger partial charge in [-0.15, -0.1) is 0 Å². The minimum absolute atomic E-state index is 0.361. The van der Waals surface area contributed by atoms with Crippen molar-refractivity contribution >= 4 is 22.4 Å². The zero-order valence-electron chi connectivity index (χ0n) is 18.3. The SMILES string of the molecule is Cc1cc(Nc2ncnc3ccc(C#CC4(O)CCCNC4)cc23)ccc1OC1CCC1. The number of ether oxygens (including phenoxy) is 1. The van der Waals surface area contributed by atoms with Gasteiger partial charge in [0.15, 0.2) is 0 Å². The van der Waals surface area contributed by atoms with E-state index in [9.17, 15) is 5.11 Å². The molecular formula is C26H28N4O2. The van der Waals surface area contributed by atoms with Gasteiger partial charge in [0.25, 0.3) is 0 Å². The molecule has 2 aromatic carbocycles. The summed E-state index contributed by atoms with van der Waals surface area (Å²) < 4.78 is 6.06. The number of piperidine rings is 1. The van der Waals surface area contributed by atoms with Crippen LogP contribution in [0.3, 0.4) is 0 Å². The van der Waals surface area contributed by atoms with E-state index in [0.717, 1.165) is 65.1 Å². The molecular weight excluding hydrogens is 400 g/mol. The van der Waals surface area contributed by atoms with Crippen molar-refractivity contribution in [3.63, 3.8) is 0 Å². The molecule has 6 heteroatoms. The van der Waals surface area contributed by atoms with Gasteiger partial charge < -0.3 is 20.5 Å². The number of aliphatic hydroxyl groups is 1. The Balaban J connectivity index is 1.39. The van der Waals surface area contributed by atoms with E-state index in [1.807, 2.05) is 30.3 Å². The minimum atomic E-state index is -0.970. The summed E-state index contributed by atoms with van der Waals surface area (Å²) in [7, 11) is 0. The lowest BCUT2D eigenvalue weighted by Crippen LogP contribution is -2.44. The minimum Gasteiger partial charge on any atom is -0.490 e. The average Bonchev–Trinajstić information content (AvgIpc) is 2.77. The number of β-amino-alcohol motifs (C(OH)–C–C–N with tert-alkyl or cyclic N) is 1. The van der Waals surface area contributed by atoms with Crippen molar-refractivity contribution in [2.75, 3.05) is 18.4 Å². The number of aromatic nitrogens is 2. The topological polar surface area (TPSA) is 79.3 Å². The number of nitrogens with zero attached hydrogens (tertiary/aromatic N) is 2. The normalized spacial score (nSPS) is 20.8. The summed E-state index contributed by atoms with van der Waals surface area (Å²) in [5.41, 5.74) is 2.74. The number of rotatable bonds is 4. The second-order valence-electron chi connectivity index (χ2n) is 8.79. The Morgan fingerprint density at radius 1 is 1.16 bits per heavy atom. The summed E-state index contributed by atoms with van der Waals surface area (Å²) in [6.45, 7) is 3.50. The van der Waals surface area contributed by atoms with E-state index in [2.05, 4.69) is 45.4 Å². The van der Waals surface area contributed by atoms with Gasteiger partial charge in [0.05, 0.1) is 11.6 Å². The predicted molar refractivity (Wildman–Crippen MR) is 126 cm³/mol. The first-order chi connectivity index (χ1) is 15.6. The van der Waals surface area contributed by atoms with Crippen molar-refractivity contribution < 1.29 is 9.84 Å². The highest BCUT2D eigenvalue weighted by atomic mass is 16.5. The lowest BCUT2D eigenvalue weighted by Gasteiger charge is -2.27. The molecule has 164 valence electrons. The Hall–Kier alpha value is -3.14. The highest BCUT2D eigenvalue weighted by Crippen LogP contribution is 2.31. The molecule has 3 N–H and O–H groups in total. The molecule has 0 spiro atoms. The maximum Gasteiger partial charge on any atom is 0.141 e. The van der Waals surface area contributed by atoms with Crippen LogP contribution in [0.2, 0.25) is 0 Å². The number of benzene rings is 2. The van der Waals surface area contributed by atoms with E-state index in [-0.39, 0.29) is 0 Å². The Kier molecular flexibility index (Phi) is 5.69. The van der Waals surface area contributed by atoms with Gasteiger partial charge in [-0.05, 0) is 87.5 Å². The Labute approximate surface area is 188 Å². The molecule has 2 aliphatic rings. The second-order valence-corrected chi connectivity index (χ2v) is 8.79. The lowest BCUT2D eigenvalue weighted by atomic mass is 9.94. The zero-order chi connectivity index (χ0) is 22.0. The van der Waals surface area contributed by atoms with Crippen LogP contribution in [-0.4, -0.2) is 39.9 Å². The van der Waals surface area contributed by atoms with Crippen LogP contribution in [0.5, 0.6) is 5.75 Å². The van der Waals surface area contributed by atoms with Crippen molar-refractivity contribution in [1.29, 1.82) is 0 Å². The van der Waals surface area contributed by atoms with Gasteiger partial charge in [-0.25, -0.2) is 9.97 Å². The Morgan fingerprint density at radius 3 is 2.81 bits per heavy atom. The molecule has 1 aliphatic heterocycles. The lowest BCUT2D eigenvalue weighted by molar-refractivity contribution is 0.0736. The number of anilines is 2. The van der Waals surface area contributed by atoms with Gasteiger partial charge >= 0.3 is 0 Å². The fraction of sp³-hybridized carbons (Fsp3) is 0.385. The van der Waals surface area contributed by atoms with Crippen LogP contribution < -0.4 is 15.4 Å². The second kappa shape index (κ2) is 8.78. The number of hydrogen-bond donors (Lipinski definition) is 3. The van der Waals surface area contributed by atoms with E-state index in [1.54, 1.807) is 6.33 Å². The van der Waals surface area contributed by atoms with E-state index < -0.39 is 5.60 Å². The van der Waals surface area contributed by atoms with Crippen LogP contribution in [-0.2, 0) is 0 Å². The molecule has 2 fully saturated rings. The molecule has 1 saturated carbocycles. The van der Waals surface area contributed by atoms with Crippen molar-refractivity contribution in [3.8, 4) is 17.6 Å². The van der Waals surface area contributed by atoms with Gasteiger partial charge in [-0.2, -0.15) is 0 Å². The molecule has 1 unspecified atom stereocenters. The summed E-state index contributed by atoms with van der Waals surface area (Å²) in [5.74, 6) is 7.87. The summed E-state index contributed by atoms with van der Waals surface area (Å²) in [6, 6.07) is 12.0. The van der Waals surface area contributed by atoms with Crippen molar-refractivity contribution in [1.82, 2.24) is 15.3 Å². The van der Waals surface area contributed by atoms with Crippen LogP contribution in [0.25, 0.3) is 10.9 Å². The van der Waals surface area contributed by atoms with E-state index in [0.29, 0.717) is 19.1 Å². The van der Waals surface area contributed by atoms with Crippen LogP contribution >= 0.6 is 0 Å². The molecule has 1 saturated heterocycles. The summed E-state index contributed by atoms with van der Waals surface area (Å²) in [5, 5.41) is 18.2. The molecule has 0 bridgehead atoms. The molecule has 1 aliphatic carbocycles. The zero-order valence-corrected chi connectivity index (χ0v) is 18.3. The number of fused-ring (bicyclic) bond motifs is 1. The fourth-order valence-corrected chi connectivity index (χ4v) is 4.08. The van der Waals surface area contributed by atoms with Gasteiger partial charge in [0.2, 0.25) is 0 Å². The monoisotopic (exact) mass is 428 g/mol. The highest BCUT2D eigenvalue weighted by molar-refractivity contribution is 5.91. The van der Waals surface area contributed by atoms with Crippen LogP contribution in [0, 0.1) is 18.8 Å². The van der Waals surface area contributed by atoms with Crippen molar-refractivity contribution in [3.05, 3.63) is 53.9 Å². The number of nitrogens with one attached hydrogen (secondary N) is 2. The molecule has 0 radical (unpaired) electrons. The molecule has 32 heavy (non-hydrogen) atoms. The van der Waals surface area contributed by atoms with E-state index in [4.69, 9.17) is 4.74 Å². The van der Waals surface area contributed by atoms with Crippen LogP contribution in [0.15, 0.2) is 42.7 Å². The molecule has 1 aromatic heterocycles. The average molecular weight is 429 g/mol. The molecule has 0 amide bonds. The third-order valence-electron chi connectivity index (χ3n) is 6.22. The summed E-state index contributed by atoms with van der Waals surface area (Å²) in [4.78, 5) is 8.86. The van der Waals surface area contributed by atoms with Crippen molar-refractivity contribution in [2.45, 2.75) is 50.7 Å². The number of aryl methyl sites for hydroxylation is 1. The maximum atomic E-state index is 10.6. The third kappa shape index (κ3) is 4.55. The molecule has 1 atom stereocenters. The predicted octanol–water partition coefficient (Wildman–Crippen LogP) is 4.08. The van der Waals surface area contributed by atoms with Gasteiger partial charge in [0, 0.05) is 23.2 Å². The fourth-order valence-electron chi connectivity index (χ4n) is 4.08. The van der Waals surface area contributed by atoms with E-state index >= 15 is 0 Å². The molecule has 6 nitrogen and oxygen atoms in total. The third-order valence-corrected chi connectivity index (χ3v) is 6.22. The summed E-state index contributed by atoms with van der Waals surface area (Å²) >= 11 is 0. The quantitative estimate of drug-likeness (QED) is 0.544. The first-order valence-corrected chi connectivity index (χ1v) is 11.3.